The quantitative estimate of drug-likeness (QED) is 0.796. The number of thiophene rings is 1. The zero-order valence-corrected chi connectivity index (χ0v) is 13.5. The van der Waals surface area contributed by atoms with E-state index in [1.54, 1.807) is 11.3 Å². The second-order valence-corrected chi connectivity index (χ2v) is 6.24. The molecule has 3 aromatic rings. The molecule has 4 rings (SSSR count). The molecule has 0 saturated carbocycles. The molecule has 0 spiro atoms. The number of nitrogens with zero attached hydrogens (tertiary/aromatic N) is 2. The van der Waals surface area contributed by atoms with E-state index in [0.717, 1.165) is 25.2 Å². The van der Waals surface area contributed by atoms with E-state index in [-0.39, 0.29) is 18.4 Å². The van der Waals surface area contributed by atoms with Gasteiger partial charge in [0.1, 0.15) is 0 Å². The molecule has 2 aromatic heterocycles. The second-order valence-electron chi connectivity index (χ2n) is 5.21. The Morgan fingerprint density at radius 1 is 1.18 bits per heavy atom. The van der Waals surface area contributed by atoms with Gasteiger partial charge in [-0.25, -0.2) is 0 Å². The molecule has 1 aliphatic rings. The summed E-state index contributed by atoms with van der Waals surface area (Å²) in [5, 5.41) is 9.64. The van der Waals surface area contributed by atoms with E-state index in [0.29, 0.717) is 5.89 Å². The average molecular weight is 334 g/mol. The van der Waals surface area contributed by atoms with E-state index in [2.05, 4.69) is 51.2 Å². The Balaban J connectivity index is 0.00000144. The summed E-state index contributed by atoms with van der Waals surface area (Å²) in [7, 11) is 0. The topological polar surface area (TPSA) is 51.0 Å². The van der Waals surface area contributed by atoms with Crippen molar-refractivity contribution in [3.8, 4) is 0 Å². The molecular weight excluding hydrogens is 318 g/mol. The fourth-order valence-electron chi connectivity index (χ4n) is 2.68. The summed E-state index contributed by atoms with van der Waals surface area (Å²) in [6.45, 7) is 0.851. The van der Waals surface area contributed by atoms with Crippen LogP contribution in [0.2, 0.25) is 0 Å². The molecule has 0 saturated heterocycles. The van der Waals surface area contributed by atoms with Crippen LogP contribution < -0.4 is 5.32 Å². The van der Waals surface area contributed by atoms with Crippen molar-refractivity contribution in [3.63, 3.8) is 0 Å². The van der Waals surface area contributed by atoms with Gasteiger partial charge in [0.2, 0.25) is 5.89 Å². The number of nitrogens with one attached hydrogen (secondary N) is 1. The number of fused-ring (bicyclic) bond motifs is 1. The molecule has 1 aromatic carbocycles. The van der Waals surface area contributed by atoms with Gasteiger partial charge in [-0.05, 0) is 29.0 Å². The van der Waals surface area contributed by atoms with Gasteiger partial charge >= 0.3 is 0 Å². The average Bonchev–Trinajstić information content (AvgIpc) is 3.19. The fraction of sp³-hybridized carbons (Fsp3) is 0.250. The van der Waals surface area contributed by atoms with Gasteiger partial charge in [0.25, 0.3) is 0 Å². The molecule has 0 amide bonds. The predicted octanol–water partition coefficient (Wildman–Crippen LogP) is 3.53. The SMILES string of the molecule is Cl.c1csc(Cc2noc([C@H]3Cc4ccccc4CN3)n2)c1. The normalized spacial score (nSPS) is 16.8. The van der Waals surface area contributed by atoms with E-state index >= 15 is 0 Å². The van der Waals surface area contributed by atoms with Crippen molar-refractivity contribution in [2.75, 3.05) is 0 Å². The maximum Gasteiger partial charge on any atom is 0.244 e. The van der Waals surface area contributed by atoms with Gasteiger partial charge in [-0.3, -0.25) is 0 Å². The van der Waals surface area contributed by atoms with Crippen LogP contribution in [0.5, 0.6) is 0 Å². The number of rotatable bonds is 3. The Hall–Kier alpha value is -1.69. The molecule has 4 nitrogen and oxygen atoms in total. The molecule has 6 heteroatoms. The molecule has 0 bridgehead atoms. The minimum Gasteiger partial charge on any atom is -0.338 e. The van der Waals surface area contributed by atoms with Gasteiger partial charge in [0.15, 0.2) is 5.82 Å². The van der Waals surface area contributed by atoms with Crippen LogP contribution in [0.4, 0.5) is 0 Å². The Morgan fingerprint density at radius 3 is 2.86 bits per heavy atom. The van der Waals surface area contributed by atoms with Gasteiger partial charge in [-0.15, -0.1) is 23.7 Å². The van der Waals surface area contributed by atoms with E-state index in [1.807, 2.05) is 6.07 Å². The third-order valence-corrected chi connectivity index (χ3v) is 4.65. The van der Waals surface area contributed by atoms with Crippen molar-refractivity contribution >= 4 is 23.7 Å². The molecule has 0 unspecified atom stereocenters. The van der Waals surface area contributed by atoms with Crippen LogP contribution >= 0.6 is 23.7 Å². The molecule has 1 aliphatic heterocycles. The van der Waals surface area contributed by atoms with Crippen molar-refractivity contribution < 1.29 is 4.52 Å². The monoisotopic (exact) mass is 333 g/mol. The number of hydrogen-bond donors (Lipinski definition) is 1. The largest absolute Gasteiger partial charge is 0.338 e. The first-order valence-electron chi connectivity index (χ1n) is 7.03. The summed E-state index contributed by atoms with van der Waals surface area (Å²) in [6, 6.07) is 12.7. The highest BCUT2D eigenvalue weighted by atomic mass is 35.5. The first-order valence-corrected chi connectivity index (χ1v) is 7.91. The number of halogens is 1. The molecule has 1 N–H and O–H groups in total. The summed E-state index contributed by atoms with van der Waals surface area (Å²) in [4.78, 5) is 5.80. The van der Waals surface area contributed by atoms with E-state index < -0.39 is 0 Å². The Labute approximate surface area is 139 Å². The molecule has 1 atom stereocenters. The van der Waals surface area contributed by atoms with Crippen molar-refractivity contribution in [2.24, 2.45) is 0 Å². The van der Waals surface area contributed by atoms with E-state index in [4.69, 9.17) is 4.52 Å². The van der Waals surface area contributed by atoms with E-state index in [1.165, 1.54) is 16.0 Å². The predicted molar refractivity (Wildman–Crippen MR) is 88.4 cm³/mol. The number of benzene rings is 1. The van der Waals surface area contributed by atoms with Crippen LogP contribution in [-0.2, 0) is 19.4 Å². The van der Waals surface area contributed by atoms with Gasteiger partial charge in [-0.1, -0.05) is 35.5 Å². The van der Waals surface area contributed by atoms with Crippen LogP contribution in [0.1, 0.15) is 33.8 Å². The first-order chi connectivity index (χ1) is 10.4. The van der Waals surface area contributed by atoms with Gasteiger partial charge in [0, 0.05) is 17.8 Å². The smallest absolute Gasteiger partial charge is 0.244 e. The van der Waals surface area contributed by atoms with Crippen molar-refractivity contribution in [1.29, 1.82) is 0 Å². The van der Waals surface area contributed by atoms with Crippen molar-refractivity contribution in [1.82, 2.24) is 15.5 Å². The van der Waals surface area contributed by atoms with E-state index in [9.17, 15) is 0 Å². The highest BCUT2D eigenvalue weighted by Gasteiger charge is 2.24. The summed E-state index contributed by atoms with van der Waals surface area (Å²) >= 11 is 1.72. The maximum atomic E-state index is 5.45. The fourth-order valence-corrected chi connectivity index (χ4v) is 3.38. The Morgan fingerprint density at radius 2 is 2.05 bits per heavy atom. The molecule has 114 valence electrons. The van der Waals surface area contributed by atoms with Gasteiger partial charge in [-0.2, -0.15) is 4.98 Å². The lowest BCUT2D eigenvalue weighted by molar-refractivity contribution is 0.319. The highest BCUT2D eigenvalue weighted by molar-refractivity contribution is 7.09. The molecule has 0 fully saturated rings. The number of aromatic nitrogens is 2. The van der Waals surface area contributed by atoms with Crippen molar-refractivity contribution in [3.05, 3.63) is 69.5 Å². The van der Waals surface area contributed by atoms with Crippen LogP contribution in [0, 0.1) is 0 Å². The lowest BCUT2D eigenvalue weighted by atomic mass is 9.96. The maximum absolute atomic E-state index is 5.45. The first kappa shape index (κ1) is 15.2. The third kappa shape index (κ3) is 3.06. The van der Waals surface area contributed by atoms with Gasteiger partial charge < -0.3 is 9.84 Å². The minimum absolute atomic E-state index is 0. The number of hydrogen-bond acceptors (Lipinski definition) is 5. The van der Waals surface area contributed by atoms with Crippen molar-refractivity contribution in [2.45, 2.75) is 25.4 Å². The zero-order valence-electron chi connectivity index (χ0n) is 11.9. The van der Waals surface area contributed by atoms with Crippen LogP contribution in [-0.4, -0.2) is 10.1 Å². The van der Waals surface area contributed by atoms with Crippen LogP contribution in [0.15, 0.2) is 46.3 Å². The van der Waals surface area contributed by atoms with Crippen LogP contribution in [0.3, 0.4) is 0 Å². The summed E-state index contributed by atoms with van der Waals surface area (Å²) in [5.41, 5.74) is 2.71. The summed E-state index contributed by atoms with van der Waals surface area (Å²) in [6.07, 6.45) is 1.64. The summed E-state index contributed by atoms with van der Waals surface area (Å²) in [5.74, 6) is 1.45. The lowest BCUT2D eigenvalue weighted by Gasteiger charge is -2.23. The standard InChI is InChI=1S/C16H15N3OS.ClH/c1-2-5-12-10-17-14(8-11(12)4-1)16-18-15(19-20-16)9-13-6-3-7-21-13;/h1-7,14,17H,8-10H2;1H/t14-;/m1./s1. The highest BCUT2D eigenvalue weighted by Crippen LogP contribution is 2.25. The van der Waals surface area contributed by atoms with Crippen LogP contribution in [0.25, 0.3) is 0 Å². The lowest BCUT2D eigenvalue weighted by Crippen LogP contribution is -2.28. The molecule has 22 heavy (non-hydrogen) atoms. The molecule has 0 radical (unpaired) electrons. The zero-order chi connectivity index (χ0) is 14.1. The second kappa shape index (κ2) is 6.60. The van der Waals surface area contributed by atoms with Gasteiger partial charge in [0.05, 0.1) is 6.04 Å². The Bertz CT molecular complexity index is 741. The summed E-state index contributed by atoms with van der Waals surface area (Å²) < 4.78 is 5.45. The minimum atomic E-state index is 0. The molecule has 0 aliphatic carbocycles. The Kier molecular flexibility index (Phi) is 4.57. The molecule has 3 heterocycles. The third-order valence-electron chi connectivity index (χ3n) is 3.78. The molecular formula is C16H16ClN3OS.